The molecule has 2 heteroatoms. The number of ether oxygens (including phenoxy) is 1. The van der Waals surface area contributed by atoms with E-state index in [1.165, 1.54) is 0 Å². The third kappa shape index (κ3) is 7.37. The van der Waals surface area contributed by atoms with Gasteiger partial charge in [0.15, 0.2) is 0 Å². The standard InChI is InChI=1S/C9H17O2/c1-5-8(10)11-7-6-9(2,3)4/h1,5-7H2,2-4H3. The van der Waals surface area contributed by atoms with Gasteiger partial charge in [0, 0.05) is 6.42 Å². The van der Waals surface area contributed by atoms with Gasteiger partial charge in [0.1, 0.15) is 0 Å². The summed E-state index contributed by atoms with van der Waals surface area (Å²) >= 11 is 0. The van der Waals surface area contributed by atoms with Gasteiger partial charge in [0.25, 0.3) is 0 Å². The Hall–Kier alpha value is -0.530. The molecule has 0 fully saturated rings. The predicted octanol–water partition coefficient (Wildman–Crippen LogP) is 2.19. The maximum Gasteiger partial charge on any atom is 0.305 e. The number of rotatable bonds is 3. The summed E-state index contributed by atoms with van der Waals surface area (Å²) in [6, 6.07) is 0. The van der Waals surface area contributed by atoms with Crippen molar-refractivity contribution in [1.29, 1.82) is 0 Å². The summed E-state index contributed by atoms with van der Waals surface area (Å²) in [7, 11) is 0. The lowest BCUT2D eigenvalue weighted by Gasteiger charge is -2.17. The fourth-order valence-electron chi connectivity index (χ4n) is 0.543. The molecule has 0 aliphatic rings. The van der Waals surface area contributed by atoms with Crippen molar-refractivity contribution in [2.45, 2.75) is 33.6 Å². The summed E-state index contributed by atoms with van der Waals surface area (Å²) < 4.78 is 4.87. The van der Waals surface area contributed by atoms with Gasteiger partial charge in [-0.25, -0.2) is 0 Å². The molecule has 1 radical (unpaired) electrons. The average molecular weight is 157 g/mol. The van der Waals surface area contributed by atoms with Crippen molar-refractivity contribution in [3.05, 3.63) is 6.92 Å². The minimum Gasteiger partial charge on any atom is -0.466 e. The molecule has 0 aliphatic carbocycles. The molecule has 0 unspecified atom stereocenters. The number of hydrogen-bond donors (Lipinski definition) is 0. The summed E-state index contributed by atoms with van der Waals surface area (Å²) in [5.74, 6) is -0.214. The molecule has 65 valence electrons. The molecule has 0 aliphatic heterocycles. The molecule has 0 amide bonds. The lowest BCUT2D eigenvalue weighted by atomic mass is 9.93. The first kappa shape index (κ1) is 10.5. The first-order valence-electron chi connectivity index (χ1n) is 3.90. The summed E-state index contributed by atoms with van der Waals surface area (Å²) in [6.07, 6.45) is 1.13. The zero-order valence-corrected chi connectivity index (χ0v) is 7.64. The minimum atomic E-state index is -0.214. The van der Waals surface area contributed by atoms with Crippen LogP contribution in [0, 0.1) is 12.3 Å². The Morgan fingerprint density at radius 3 is 2.36 bits per heavy atom. The van der Waals surface area contributed by atoms with E-state index in [2.05, 4.69) is 27.7 Å². The molecular weight excluding hydrogens is 140 g/mol. The minimum absolute atomic E-state index is 0.214. The highest BCUT2D eigenvalue weighted by atomic mass is 16.5. The molecule has 0 spiro atoms. The quantitative estimate of drug-likeness (QED) is 0.587. The second-order valence-electron chi connectivity index (χ2n) is 3.78. The fraction of sp³-hybridized carbons (Fsp3) is 0.778. The molecule has 11 heavy (non-hydrogen) atoms. The SMILES string of the molecule is [CH2]CC(=O)OCCC(C)(C)C. The monoisotopic (exact) mass is 157 g/mol. The van der Waals surface area contributed by atoms with Crippen LogP contribution in [0.2, 0.25) is 0 Å². The van der Waals surface area contributed by atoms with Crippen LogP contribution in [0.5, 0.6) is 0 Å². The van der Waals surface area contributed by atoms with Crippen LogP contribution in [0.4, 0.5) is 0 Å². The lowest BCUT2D eigenvalue weighted by molar-refractivity contribution is -0.143. The van der Waals surface area contributed by atoms with Crippen molar-refractivity contribution in [3.8, 4) is 0 Å². The first-order valence-corrected chi connectivity index (χ1v) is 3.90. The smallest absolute Gasteiger partial charge is 0.305 e. The predicted molar refractivity (Wildman–Crippen MR) is 45.0 cm³/mol. The summed E-state index contributed by atoms with van der Waals surface area (Å²) in [6.45, 7) is 10.3. The van der Waals surface area contributed by atoms with Gasteiger partial charge in [-0.15, -0.1) is 0 Å². The Balaban J connectivity index is 3.35. The van der Waals surface area contributed by atoms with Crippen molar-refractivity contribution in [2.75, 3.05) is 6.61 Å². The maximum atomic E-state index is 10.6. The maximum absolute atomic E-state index is 10.6. The summed E-state index contributed by atoms with van der Waals surface area (Å²) in [4.78, 5) is 10.6. The molecule has 2 nitrogen and oxygen atoms in total. The van der Waals surface area contributed by atoms with E-state index in [0.717, 1.165) is 6.42 Å². The van der Waals surface area contributed by atoms with Gasteiger partial charge in [0.05, 0.1) is 6.61 Å². The molecule has 0 heterocycles. The van der Waals surface area contributed by atoms with Crippen molar-refractivity contribution >= 4 is 5.97 Å². The summed E-state index contributed by atoms with van der Waals surface area (Å²) in [5, 5.41) is 0. The summed E-state index contributed by atoms with van der Waals surface area (Å²) in [5.41, 5.74) is 0.238. The Labute approximate surface area is 68.9 Å². The van der Waals surface area contributed by atoms with Gasteiger partial charge in [-0.2, -0.15) is 0 Å². The van der Waals surface area contributed by atoms with Crippen LogP contribution >= 0.6 is 0 Å². The molecule has 0 aromatic rings. The van der Waals surface area contributed by atoms with E-state index in [4.69, 9.17) is 4.74 Å². The van der Waals surface area contributed by atoms with Crippen LogP contribution in [0.3, 0.4) is 0 Å². The van der Waals surface area contributed by atoms with Crippen LogP contribution in [-0.4, -0.2) is 12.6 Å². The normalized spacial score (nSPS) is 11.3. The Morgan fingerprint density at radius 2 is 2.00 bits per heavy atom. The highest BCUT2D eigenvalue weighted by Crippen LogP contribution is 2.17. The highest BCUT2D eigenvalue weighted by Gasteiger charge is 2.10. The van der Waals surface area contributed by atoms with Crippen LogP contribution in [0.15, 0.2) is 0 Å². The fourth-order valence-corrected chi connectivity index (χ4v) is 0.543. The zero-order valence-electron chi connectivity index (χ0n) is 7.64. The molecule has 0 bridgehead atoms. The van der Waals surface area contributed by atoms with E-state index in [9.17, 15) is 4.79 Å². The third-order valence-corrected chi connectivity index (χ3v) is 1.32. The second kappa shape index (κ2) is 4.37. The highest BCUT2D eigenvalue weighted by molar-refractivity contribution is 5.69. The van der Waals surface area contributed by atoms with Crippen molar-refractivity contribution in [2.24, 2.45) is 5.41 Å². The van der Waals surface area contributed by atoms with Crippen LogP contribution in [-0.2, 0) is 9.53 Å². The molecule has 0 aromatic heterocycles. The Kier molecular flexibility index (Phi) is 4.16. The van der Waals surface area contributed by atoms with Crippen molar-refractivity contribution in [3.63, 3.8) is 0 Å². The largest absolute Gasteiger partial charge is 0.466 e. The van der Waals surface area contributed by atoms with E-state index in [1.807, 2.05) is 0 Å². The van der Waals surface area contributed by atoms with Gasteiger partial charge in [0.2, 0.25) is 0 Å². The van der Waals surface area contributed by atoms with Crippen molar-refractivity contribution < 1.29 is 9.53 Å². The number of carbonyl (C=O) groups is 1. The molecule has 0 N–H and O–H groups in total. The Bertz CT molecular complexity index is 122. The topological polar surface area (TPSA) is 26.3 Å². The van der Waals surface area contributed by atoms with Gasteiger partial charge in [-0.05, 0) is 18.8 Å². The zero-order chi connectivity index (χ0) is 8.91. The molecule has 0 aromatic carbocycles. The molecule has 0 saturated heterocycles. The third-order valence-electron chi connectivity index (χ3n) is 1.32. The van der Waals surface area contributed by atoms with E-state index in [0.29, 0.717) is 6.61 Å². The van der Waals surface area contributed by atoms with Crippen LogP contribution in [0.1, 0.15) is 33.6 Å². The molecule has 0 saturated carbocycles. The number of hydrogen-bond acceptors (Lipinski definition) is 2. The first-order chi connectivity index (χ1) is 4.95. The Morgan fingerprint density at radius 1 is 1.45 bits per heavy atom. The molecular formula is C9H17O2. The number of esters is 1. The lowest BCUT2D eigenvalue weighted by Crippen LogP contribution is -2.12. The van der Waals surface area contributed by atoms with Crippen LogP contribution in [0.25, 0.3) is 0 Å². The molecule has 0 rings (SSSR count). The number of carbonyl (C=O) groups excluding carboxylic acids is 1. The van der Waals surface area contributed by atoms with Gasteiger partial charge in [-0.1, -0.05) is 20.8 Å². The van der Waals surface area contributed by atoms with Crippen molar-refractivity contribution in [1.82, 2.24) is 0 Å². The van der Waals surface area contributed by atoms with E-state index < -0.39 is 0 Å². The van der Waals surface area contributed by atoms with E-state index in [-0.39, 0.29) is 17.8 Å². The van der Waals surface area contributed by atoms with Gasteiger partial charge in [-0.3, -0.25) is 4.79 Å². The average Bonchev–Trinajstić information content (AvgIpc) is 1.85. The second-order valence-corrected chi connectivity index (χ2v) is 3.78. The van der Waals surface area contributed by atoms with Gasteiger partial charge < -0.3 is 4.74 Å². The van der Waals surface area contributed by atoms with E-state index in [1.54, 1.807) is 0 Å². The van der Waals surface area contributed by atoms with Crippen LogP contribution < -0.4 is 0 Å². The molecule has 0 atom stereocenters. The van der Waals surface area contributed by atoms with Gasteiger partial charge >= 0.3 is 5.97 Å². The van der Waals surface area contributed by atoms with E-state index >= 15 is 0 Å².